The smallest absolute Gasteiger partial charge is 0.266 e. The Bertz CT molecular complexity index is 660. The predicted octanol–water partition coefficient (Wildman–Crippen LogP) is 1.60. The van der Waals surface area contributed by atoms with Gasteiger partial charge in [0.15, 0.2) is 5.58 Å². The molecule has 1 aromatic carbocycles. The molecule has 2 rings (SSSR count). The molecule has 7 heteroatoms. The molecule has 1 atom stereocenters. The summed E-state index contributed by atoms with van der Waals surface area (Å²) in [4.78, 5) is 14.9. The molecule has 0 bridgehead atoms. The van der Waals surface area contributed by atoms with Gasteiger partial charge >= 0.3 is 0 Å². The van der Waals surface area contributed by atoms with Crippen molar-refractivity contribution in [1.82, 2.24) is 10.3 Å². The third kappa shape index (κ3) is 3.05. The minimum Gasteiger partial charge on any atom is -0.429 e. The molecule has 0 aliphatic rings. The first kappa shape index (κ1) is 13.0. The third-order valence-corrected chi connectivity index (χ3v) is 3.32. The van der Waals surface area contributed by atoms with Crippen molar-refractivity contribution in [3.63, 3.8) is 0 Å². The van der Waals surface area contributed by atoms with Gasteiger partial charge in [-0.25, -0.2) is 0 Å². The molecule has 5 nitrogen and oxygen atoms in total. The zero-order valence-corrected chi connectivity index (χ0v) is 11.3. The first-order valence-corrected chi connectivity index (χ1v) is 7.41. The van der Waals surface area contributed by atoms with Gasteiger partial charge in [0, 0.05) is 34.9 Å². The summed E-state index contributed by atoms with van der Waals surface area (Å²) in [5, 5.41) is 2.69. The van der Waals surface area contributed by atoms with E-state index in [4.69, 9.17) is 16.6 Å². The van der Waals surface area contributed by atoms with E-state index in [1.165, 1.54) is 0 Å². The van der Waals surface area contributed by atoms with Gasteiger partial charge in [-0.15, -0.1) is 0 Å². The summed E-state index contributed by atoms with van der Waals surface area (Å²) in [6, 6.07) is 5.04. The van der Waals surface area contributed by atoms with Crippen LogP contribution in [0.1, 0.15) is 10.4 Å². The van der Waals surface area contributed by atoms with E-state index >= 15 is 0 Å². The fourth-order valence-corrected chi connectivity index (χ4v) is 2.09. The number of fused-ring (bicyclic) bond motifs is 1. The highest BCUT2D eigenvalue weighted by Crippen LogP contribution is 2.15. The van der Waals surface area contributed by atoms with E-state index in [9.17, 15) is 9.00 Å². The summed E-state index contributed by atoms with van der Waals surface area (Å²) in [7, 11) is -0.909. The highest BCUT2D eigenvalue weighted by Gasteiger charge is 2.08. The van der Waals surface area contributed by atoms with Crippen LogP contribution in [0.4, 0.5) is 0 Å². The Morgan fingerprint density at radius 1 is 1.56 bits per heavy atom. The molecular formula is C11H12N2O3S2. The molecule has 2 N–H and O–H groups in total. The number of rotatable bonds is 4. The number of hydrogen-bond donors (Lipinski definition) is 2. The SMILES string of the molecule is C[S@@](=O)CCNC(=O)c1ccc2[nH]c(=S)oc2c1. The Morgan fingerprint density at radius 3 is 3.06 bits per heavy atom. The molecule has 1 amide bonds. The topological polar surface area (TPSA) is 75.1 Å². The Balaban J connectivity index is 2.12. The van der Waals surface area contributed by atoms with Crippen LogP contribution in [0.15, 0.2) is 22.6 Å². The molecule has 0 unspecified atom stereocenters. The van der Waals surface area contributed by atoms with Gasteiger partial charge in [-0.3, -0.25) is 9.00 Å². The summed E-state index contributed by atoms with van der Waals surface area (Å²) in [5.41, 5.74) is 1.79. The van der Waals surface area contributed by atoms with Gasteiger partial charge in [-0.05, 0) is 30.4 Å². The van der Waals surface area contributed by atoms with Crippen molar-refractivity contribution < 1.29 is 13.4 Å². The number of carbonyl (C=O) groups is 1. The summed E-state index contributed by atoms with van der Waals surface area (Å²) in [6.07, 6.45) is 1.60. The van der Waals surface area contributed by atoms with Gasteiger partial charge in [0.1, 0.15) is 0 Å². The Labute approximate surface area is 111 Å². The second kappa shape index (κ2) is 5.45. The molecular weight excluding hydrogens is 272 g/mol. The minimum absolute atomic E-state index is 0.218. The zero-order valence-electron chi connectivity index (χ0n) is 9.69. The number of aromatic nitrogens is 1. The minimum atomic E-state index is -0.909. The predicted molar refractivity (Wildman–Crippen MR) is 72.7 cm³/mol. The normalized spacial score (nSPS) is 12.5. The number of oxazole rings is 1. The van der Waals surface area contributed by atoms with Crippen LogP contribution in [0.2, 0.25) is 0 Å². The maximum absolute atomic E-state index is 11.8. The Kier molecular flexibility index (Phi) is 3.93. The highest BCUT2D eigenvalue weighted by molar-refractivity contribution is 7.84. The van der Waals surface area contributed by atoms with Crippen LogP contribution in [0.5, 0.6) is 0 Å². The molecule has 0 spiro atoms. The molecule has 0 saturated heterocycles. The largest absolute Gasteiger partial charge is 0.429 e. The summed E-state index contributed by atoms with van der Waals surface area (Å²) in [5.74, 6) is 0.225. The van der Waals surface area contributed by atoms with E-state index in [1.54, 1.807) is 24.5 Å². The van der Waals surface area contributed by atoms with Crippen LogP contribution in [-0.4, -0.2) is 33.7 Å². The van der Waals surface area contributed by atoms with Gasteiger partial charge in [0.2, 0.25) is 0 Å². The molecule has 2 aromatic rings. The second-order valence-corrected chi connectivity index (χ2v) is 5.68. The van der Waals surface area contributed by atoms with Crippen molar-refractivity contribution in [2.45, 2.75) is 0 Å². The quantitative estimate of drug-likeness (QED) is 0.836. The number of H-pyrrole nitrogens is 1. The number of nitrogens with one attached hydrogen (secondary N) is 2. The number of carbonyl (C=O) groups excluding carboxylic acids is 1. The molecule has 18 heavy (non-hydrogen) atoms. The number of hydrogen-bond acceptors (Lipinski definition) is 4. The van der Waals surface area contributed by atoms with Crippen molar-refractivity contribution in [3.05, 3.63) is 28.6 Å². The zero-order chi connectivity index (χ0) is 13.1. The fraction of sp³-hybridized carbons (Fsp3) is 0.273. The summed E-state index contributed by atoms with van der Waals surface area (Å²) >= 11 is 4.86. The lowest BCUT2D eigenvalue weighted by atomic mass is 10.2. The third-order valence-electron chi connectivity index (χ3n) is 2.36. The van der Waals surface area contributed by atoms with Gasteiger partial charge in [0.25, 0.3) is 10.7 Å². The van der Waals surface area contributed by atoms with E-state index in [1.807, 2.05) is 0 Å². The fourth-order valence-electron chi connectivity index (χ4n) is 1.50. The molecule has 1 heterocycles. The average Bonchev–Trinajstić information content (AvgIpc) is 2.67. The molecule has 96 valence electrons. The van der Waals surface area contributed by atoms with Crippen LogP contribution in [-0.2, 0) is 10.8 Å². The van der Waals surface area contributed by atoms with Crippen LogP contribution < -0.4 is 5.32 Å². The van der Waals surface area contributed by atoms with Crippen molar-refractivity contribution in [3.8, 4) is 0 Å². The summed E-state index contributed by atoms with van der Waals surface area (Å²) in [6.45, 7) is 0.385. The maximum atomic E-state index is 11.8. The van der Waals surface area contributed by atoms with Crippen LogP contribution >= 0.6 is 12.2 Å². The Hall–Kier alpha value is -1.47. The standard InChI is InChI=1S/C11H12N2O3S2/c1-18(15)5-4-12-10(14)7-2-3-8-9(6-7)16-11(17)13-8/h2-3,6H,4-5H2,1H3,(H,12,14)(H,13,17)/t18-/m1/s1. The molecule has 0 aliphatic heterocycles. The van der Waals surface area contributed by atoms with Crippen molar-refractivity contribution in [1.29, 1.82) is 0 Å². The van der Waals surface area contributed by atoms with Crippen LogP contribution in [0.3, 0.4) is 0 Å². The average molecular weight is 284 g/mol. The maximum Gasteiger partial charge on any atom is 0.266 e. The van der Waals surface area contributed by atoms with E-state index in [0.717, 1.165) is 5.52 Å². The van der Waals surface area contributed by atoms with Gasteiger partial charge in [-0.1, -0.05) is 0 Å². The van der Waals surface area contributed by atoms with E-state index in [0.29, 0.717) is 23.4 Å². The lowest BCUT2D eigenvalue weighted by Crippen LogP contribution is -2.27. The van der Waals surface area contributed by atoms with Gasteiger partial charge < -0.3 is 14.7 Å². The van der Waals surface area contributed by atoms with E-state index in [2.05, 4.69) is 10.3 Å². The van der Waals surface area contributed by atoms with E-state index < -0.39 is 10.8 Å². The highest BCUT2D eigenvalue weighted by atomic mass is 32.2. The van der Waals surface area contributed by atoms with Crippen molar-refractivity contribution in [2.75, 3.05) is 18.6 Å². The van der Waals surface area contributed by atoms with Crippen LogP contribution in [0, 0.1) is 4.84 Å². The van der Waals surface area contributed by atoms with Crippen LogP contribution in [0.25, 0.3) is 11.1 Å². The first-order valence-electron chi connectivity index (χ1n) is 5.27. The molecule has 0 aliphatic carbocycles. The number of aromatic amines is 1. The molecule has 0 saturated carbocycles. The van der Waals surface area contributed by atoms with E-state index in [-0.39, 0.29) is 10.7 Å². The molecule has 0 radical (unpaired) electrons. The summed E-state index contributed by atoms with van der Waals surface area (Å²) < 4.78 is 16.1. The lowest BCUT2D eigenvalue weighted by Gasteiger charge is -2.03. The Morgan fingerprint density at radius 2 is 2.33 bits per heavy atom. The monoisotopic (exact) mass is 284 g/mol. The number of benzene rings is 1. The van der Waals surface area contributed by atoms with Gasteiger partial charge in [-0.2, -0.15) is 0 Å². The molecule has 0 fully saturated rings. The second-order valence-electron chi connectivity index (χ2n) is 3.76. The lowest BCUT2D eigenvalue weighted by molar-refractivity contribution is 0.0956. The van der Waals surface area contributed by atoms with Gasteiger partial charge in [0.05, 0.1) is 5.52 Å². The van der Waals surface area contributed by atoms with Crippen molar-refractivity contribution >= 4 is 40.0 Å². The first-order chi connectivity index (χ1) is 8.56. The number of amides is 1. The molecule has 1 aromatic heterocycles. The van der Waals surface area contributed by atoms with Crippen molar-refractivity contribution in [2.24, 2.45) is 0 Å².